The van der Waals surface area contributed by atoms with E-state index in [1.165, 1.54) is 4.88 Å². The fourth-order valence-corrected chi connectivity index (χ4v) is 2.83. The number of oxazole rings is 1. The zero-order chi connectivity index (χ0) is 13.2. The first-order valence-electron chi connectivity index (χ1n) is 6.16. The molecule has 2 heterocycles. The van der Waals surface area contributed by atoms with E-state index in [0.29, 0.717) is 11.7 Å². The van der Waals surface area contributed by atoms with E-state index >= 15 is 0 Å². The molecule has 0 radical (unpaired) electrons. The highest BCUT2D eigenvalue weighted by molar-refractivity contribution is 7.09. The zero-order valence-electron chi connectivity index (χ0n) is 10.6. The van der Waals surface area contributed by atoms with Gasteiger partial charge in [0.25, 0.3) is 6.01 Å². The molecule has 0 saturated carbocycles. The van der Waals surface area contributed by atoms with Crippen LogP contribution in [0.3, 0.4) is 0 Å². The van der Waals surface area contributed by atoms with Gasteiger partial charge in [-0.25, -0.2) is 0 Å². The van der Waals surface area contributed by atoms with Crippen molar-refractivity contribution in [1.82, 2.24) is 4.98 Å². The molecule has 1 unspecified atom stereocenters. The lowest BCUT2D eigenvalue weighted by molar-refractivity contribution is 0.599. The summed E-state index contributed by atoms with van der Waals surface area (Å²) in [5.74, 6) is 0. The van der Waals surface area contributed by atoms with Crippen molar-refractivity contribution in [3.63, 3.8) is 0 Å². The molecule has 0 amide bonds. The second-order valence-corrected chi connectivity index (χ2v) is 5.61. The van der Waals surface area contributed by atoms with Crippen LogP contribution < -0.4 is 11.1 Å². The highest BCUT2D eigenvalue weighted by Crippen LogP contribution is 2.22. The van der Waals surface area contributed by atoms with Crippen LogP contribution in [0.1, 0.15) is 11.8 Å². The normalized spacial score (nSPS) is 12.7. The molecule has 19 heavy (non-hydrogen) atoms. The summed E-state index contributed by atoms with van der Waals surface area (Å²) >= 11 is 1.76. The third-order valence-electron chi connectivity index (χ3n) is 2.87. The lowest BCUT2D eigenvalue weighted by Gasteiger charge is -2.10. The van der Waals surface area contributed by atoms with Crippen molar-refractivity contribution in [2.24, 2.45) is 0 Å². The summed E-state index contributed by atoms with van der Waals surface area (Å²) in [5, 5.41) is 5.36. The second kappa shape index (κ2) is 4.93. The minimum Gasteiger partial charge on any atom is -0.424 e. The maximum atomic E-state index is 5.72. The van der Waals surface area contributed by atoms with Crippen LogP contribution in [0.4, 0.5) is 11.7 Å². The molecule has 0 saturated heterocycles. The van der Waals surface area contributed by atoms with Crippen LogP contribution in [0, 0.1) is 0 Å². The summed E-state index contributed by atoms with van der Waals surface area (Å²) < 4.78 is 5.64. The van der Waals surface area contributed by atoms with E-state index in [4.69, 9.17) is 10.2 Å². The van der Waals surface area contributed by atoms with Crippen molar-refractivity contribution in [2.75, 3.05) is 11.1 Å². The molecule has 0 aliphatic carbocycles. The quantitative estimate of drug-likeness (QED) is 0.714. The fraction of sp³-hybridized carbons (Fsp3) is 0.214. The zero-order valence-corrected chi connectivity index (χ0v) is 11.4. The summed E-state index contributed by atoms with van der Waals surface area (Å²) in [4.78, 5) is 5.74. The van der Waals surface area contributed by atoms with Gasteiger partial charge in [-0.2, -0.15) is 4.98 Å². The fourth-order valence-electron chi connectivity index (χ4n) is 2.00. The Bertz CT molecular complexity index is 675. The molecular weight excluding hydrogens is 258 g/mol. The molecule has 1 aromatic carbocycles. The Morgan fingerprint density at radius 3 is 3.11 bits per heavy atom. The molecule has 0 bridgehead atoms. The Morgan fingerprint density at radius 2 is 2.32 bits per heavy atom. The van der Waals surface area contributed by atoms with E-state index in [0.717, 1.165) is 17.5 Å². The van der Waals surface area contributed by atoms with Crippen molar-refractivity contribution in [1.29, 1.82) is 0 Å². The molecule has 5 heteroatoms. The maximum Gasteiger partial charge on any atom is 0.295 e. The van der Waals surface area contributed by atoms with Crippen LogP contribution in [0.25, 0.3) is 11.1 Å². The third kappa shape index (κ3) is 2.71. The number of hydrogen-bond acceptors (Lipinski definition) is 5. The first kappa shape index (κ1) is 12.0. The van der Waals surface area contributed by atoms with Crippen LogP contribution in [0.15, 0.2) is 40.1 Å². The lowest BCUT2D eigenvalue weighted by atomic mass is 10.2. The number of benzene rings is 1. The number of nitrogen functional groups attached to an aromatic ring is 1. The van der Waals surface area contributed by atoms with E-state index in [2.05, 4.69) is 34.7 Å². The number of nitrogens with two attached hydrogens (primary N) is 1. The maximum absolute atomic E-state index is 5.72. The van der Waals surface area contributed by atoms with Gasteiger partial charge in [-0.3, -0.25) is 0 Å². The number of rotatable bonds is 4. The van der Waals surface area contributed by atoms with Gasteiger partial charge in [-0.15, -0.1) is 11.3 Å². The summed E-state index contributed by atoms with van der Waals surface area (Å²) in [6.45, 7) is 2.11. The van der Waals surface area contributed by atoms with Crippen LogP contribution in [-0.2, 0) is 6.42 Å². The Kier molecular flexibility index (Phi) is 3.13. The minimum atomic E-state index is 0.268. The third-order valence-corrected chi connectivity index (χ3v) is 3.77. The Balaban J connectivity index is 1.74. The predicted octanol–water partition coefficient (Wildman–Crippen LogP) is 3.51. The molecule has 3 N–H and O–H groups in total. The predicted molar refractivity (Wildman–Crippen MR) is 79.5 cm³/mol. The average Bonchev–Trinajstić information content (AvgIpc) is 2.97. The van der Waals surface area contributed by atoms with Gasteiger partial charge in [0.15, 0.2) is 5.58 Å². The van der Waals surface area contributed by atoms with Gasteiger partial charge in [0, 0.05) is 23.0 Å². The number of anilines is 2. The lowest BCUT2D eigenvalue weighted by Crippen LogP contribution is -2.17. The van der Waals surface area contributed by atoms with Crippen LogP contribution in [-0.4, -0.2) is 11.0 Å². The van der Waals surface area contributed by atoms with Gasteiger partial charge in [-0.1, -0.05) is 6.07 Å². The van der Waals surface area contributed by atoms with E-state index in [-0.39, 0.29) is 6.04 Å². The molecule has 0 fully saturated rings. The summed E-state index contributed by atoms with van der Waals surface area (Å²) in [5.41, 5.74) is 7.95. The number of aromatic nitrogens is 1. The van der Waals surface area contributed by atoms with Gasteiger partial charge in [0.2, 0.25) is 0 Å². The second-order valence-electron chi connectivity index (χ2n) is 4.58. The standard InChI is InChI=1S/C14H15N3OS/c1-9(7-11-3-2-6-19-11)16-14-17-12-8-10(15)4-5-13(12)18-14/h2-6,8-9H,7,15H2,1H3,(H,16,17). The van der Waals surface area contributed by atoms with Gasteiger partial charge < -0.3 is 15.5 Å². The molecule has 3 aromatic rings. The topological polar surface area (TPSA) is 64.1 Å². The van der Waals surface area contributed by atoms with Crippen LogP contribution >= 0.6 is 11.3 Å². The van der Waals surface area contributed by atoms with E-state index in [1.807, 2.05) is 18.2 Å². The molecule has 4 nitrogen and oxygen atoms in total. The van der Waals surface area contributed by atoms with E-state index < -0.39 is 0 Å². The molecule has 98 valence electrons. The summed E-state index contributed by atoms with van der Waals surface area (Å²) in [7, 11) is 0. The van der Waals surface area contributed by atoms with Crippen LogP contribution in [0.2, 0.25) is 0 Å². The van der Waals surface area contributed by atoms with E-state index in [1.54, 1.807) is 11.3 Å². The first-order chi connectivity index (χ1) is 9.20. The highest BCUT2D eigenvalue weighted by atomic mass is 32.1. The van der Waals surface area contributed by atoms with Crippen molar-refractivity contribution < 1.29 is 4.42 Å². The number of thiophene rings is 1. The highest BCUT2D eigenvalue weighted by Gasteiger charge is 2.10. The largest absolute Gasteiger partial charge is 0.424 e. The summed E-state index contributed by atoms with van der Waals surface area (Å²) in [6.07, 6.45) is 0.957. The molecule has 0 spiro atoms. The smallest absolute Gasteiger partial charge is 0.295 e. The van der Waals surface area contributed by atoms with Gasteiger partial charge in [0.05, 0.1) is 0 Å². The molecule has 2 aromatic heterocycles. The number of fused-ring (bicyclic) bond motifs is 1. The molecule has 0 aliphatic rings. The Hall–Kier alpha value is -2.01. The summed E-state index contributed by atoms with van der Waals surface area (Å²) in [6, 6.07) is 10.5. The molecule has 1 atom stereocenters. The Labute approximate surface area is 115 Å². The molecule has 0 aliphatic heterocycles. The van der Waals surface area contributed by atoms with E-state index in [9.17, 15) is 0 Å². The van der Waals surface area contributed by atoms with Gasteiger partial charge >= 0.3 is 0 Å². The number of nitrogens with zero attached hydrogens (tertiary/aromatic N) is 1. The van der Waals surface area contributed by atoms with Crippen molar-refractivity contribution >= 4 is 34.1 Å². The van der Waals surface area contributed by atoms with Crippen molar-refractivity contribution in [3.8, 4) is 0 Å². The number of nitrogens with one attached hydrogen (secondary N) is 1. The number of hydrogen-bond donors (Lipinski definition) is 2. The molecule has 3 rings (SSSR count). The van der Waals surface area contributed by atoms with Crippen LogP contribution in [0.5, 0.6) is 0 Å². The minimum absolute atomic E-state index is 0.268. The Morgan fingerprint density at radius 1 is 1.42 bits per heavy atom. The van der Waals surface area contributed by atoms with Gasteiger partial charge in [-0.05, 0) is 36.6 Å². The first-order valence-corrected chi connectivity index (χ1v) is 7.03. The van der Waals surface area contributed by atoms with Crippen molar-refractivity contribution in [2.45, 2.75) is 19.4 Å². The average molecular weight is 273 g/mol. The SMILES string of the molecule is CC(Cc1cccs1)Nc1nc2cc(N)ccc2o1. The van der Waals surface area contributed by atoms with Gasteiger partial charge in [0.1, 0.15) is 5.52 Å². The van der Waals surface area contributed by atoms with Crippen molar-refractivity contribution in [3.05, 3.63) is 40.6 Å². The monoisotopic (exact) mass is 273 g/mol. The molecular formula is C14H15N3OS.